The third kappa shape index (κ3) is 3.78. The van der Waals surface area contributed by atoms with E-state index in [9.17, 15) is 4.79 Å². The average Bonchev–Trinajstić information content (AvgIpc) is 2.62. The molecule has 1 aliphatic rings. The van der Waals surface area contributed by atoms with Gasteiger partial charge in [-0.2, -0.15) is 0 Å². The maximum atomic E-state index is 12.4. The van der Waals surface area contributed by atoms with Gasteiger partial charge in [0.1, 0.15) is 5.75 Å². The van der Waals surface area contributed by atoms with Crippen LogP contribution in [0.2, 0.25) is 0 Å². The van der Waals surface area contributed by atoms with Crippen LogP contribution in [-0.2, 0) is 12.8 Å². The van der Waals surface area contributed by atoms with Crippen molar-refractivity contribution in [2.75, 3.05) is 6.61 Å². The maximum absolute atomic E-state index is 12.4. The predicted octanol–water partition coefficient (Wildman–Crippen LogP) is 4.46. The van der Waals surface area contributed by atoms with E-state index >= 15 is 0 Å². The first-order chi connectivity index (χ1) is 11.7. The molecule has 0 saturated heterocycles. The molecule has 1 amide bonds. The SMILES string of the molecule is CCOc1ccc(C(=O)NC(C)c2ccc3c(c2)CCCC3)cc1. The summed E-state index contributed by atoms with van der Waals surface area (Å²) >= 11 is 0. The minimum absolute atomic E-state index is 0.00343. The second-order valence-electron chi connectivity index (χ2n) is 6.39. The van der Waals surface area contributed by atoms with Crippen molar-refractivity contribution in [2.24, 2.45) is 0 Å². The molecule has 0 bridgehead atoms. The lowest BCUT2D eigenvalue weighted by Crippen LogP contribution is -2.26. The van der Waals surface area contributed by atoms with Gasteiger partial charge in [0.2, 0.25) is 0 Å². The maximum Gasteiger partial charge on any atom is 0.251 e. The van der Waals surface area contributed by atoms with Gasteiger partial charge in [0.25, 0.3) is 5.91 Å². The summed E-state index contributed by atoms with van der Waals surface area (Å²) in [5.41, 5.74) is 4.74. The molecule has 2 aromatic carbocycles. The highest BCUT2D eigenvalue weighted by Crippen LogP contribution is 2.25. The molecule has 0 spiro atoms. The number of amides is 1. The lowest BCUT2D eigenvalue weighted by atomic mass is 9.89. The topological polar surface area (TPSA) is 38.3 Å². The molecule has 1 unspecified atom stereocenters. The number of ether oxygens (including phenoxy) is 1. The van der Waals surface area contributed by atoms with Crippen LogP contribution in [0.3, 0.4) is 0 Å². The summed E-state index contributed by atoms with van der Waals surface area (Å²) < 4.78 is 5.41. The van der Waals surface area contributed by atoms with Crippen molar-refractivity contribution < 1.29 is 9.53 Å². The van der Waals surface area contributed by atoms with Crippen LogP contribution in [0.15, 0.2) is 42.5 Å². The van der Waals surface area contributed by atoms with Gasteiger partial charge in [-0.1, -0.05) is 18.2 Å². The molecule has 0 fully saturated rings. The van der Waals surface area contributed by atoms with Gasteiger partial charge in [-0.25, -0.2) is 0 Å². The van der Waals surface area contributed by atoms with Gasteiger partial charge in [-0.15, -0.1) is 0 Å². The number of aryl methyl sites for hydroxylation is 2. The molecule has 1 aliphatic carbocycles. The number of carbonyl (C=O) groups is 1. The van der Waals surface area contributed by atoms with E-state index in [0.29, 0.717) is 12.2 Å². The van der Waals surface area contributed by atoms with Gasteiger partial charge in [-0.05, 0) is 80.5 Å². The molecule has 3 heteroatoms. The van der Waals surface area contributed by atoms with E-state index in [4.69, 9.17) is 4.74 Å². The first kappa shape index (κ1) is 16.6. The van der Waals surface area contributed by atoms with E-state index in [1.165, 1.54) is 36.0 Å². The lowest BCUT2D eigenvalue weighted by molar-refractivity contribution is 0.0940. The monoisotopic (exact) mass is 323 g/mol. The smallest absolute Gasteiger partial charge is 0.251 e. The van der Waals surface area contributed by atoms with Crippen LogP contribution in [0.1, 0.15) is 59.8 Å². The average molecular weight is 323 g/mol. The first-order valence-electron chi connectivity index (χ1n) is 8.83. The highest BCUT2D eigenvalue weighted by molar-refractivity contribution is 5.94. The second kappa shape index (κ2) is 7.52. The number of benzene rings is 2. The van der Waals surface area contributed by atoms with Crippen molar-refractivity contribution in [3.05, 3.63) is 64.7 Å². The zero-order valence-electron chi connectivity index (χ0n) is 14.5. The molecule has 0 aromatic heterocycles. The van der Waals surface area contributed by atoms with Crippen molar-refractivity contribution in [3.63, 3.8) is 0 Å². The number of fused-ring (bicyclic) bond motifs is 1. The molecule has 0 heterocycles. The van der Waals surface area contributed by atoms with E-state index in [0.717, 1.165) is 12.2 Å². The van der Waals surface area contributed by atoms with Gasteiger partial charge in [0.05, 0.1) is 12.6 Å². The fourth-order valence-corrected chi connectivity index (χ4v) is 3.26. The van der Waals surface area contributed by atoms with Gasteiger partial charge in [0.15, 0.2) is 0 Å². The summed E-state index contributed by atoms with van der Waals surface area (Å²) in [7, 11) is 0. The van der Waals surface area contributed by atoms with Crippen molar-refractivity contribution >= 4 is 5.91 Å². The second-order valence-corrected chi connectivity index (χ2v) is 6.39. The Bertz CT molecular complexity index is 706. The van der Waals surface area contributed by atoms with Crippen LogP contribution in [0.5, 0.6) is 5.75 Å². The van der Waals surface area contributed by atoms with Crippen LogP contribution in [0.25, 0.3) is 0 Å². The van der Waals surface area contributed by atoms with Crippen LogP contribution < -0.4 is 10.1 Å². The van der Waals surface area contributed by atoms with Gasteiger partial charge >= 0.3 is 0 Å². The predicted molar refractivity (Wildman–Crippen MR) is 96.6 cm³/mol. The number of hydrogen-bond acceptors (Lipinski definition) is 2. The first-order valence-corrected chi connectivity index (χ1v) is 8.83. The largest absolute Gasteiger partial charge is 0.494 e. The quantitative estimate of drug-likeness (QED) is 0.882. The van der Waals surface area contributed by atoms with Crippen LogP contribution in [0, 0.1) is 0 Å². The van der Waals surface area contributed by atoms with Crippen LogP contribution in [0.4, 0.5) is 0 Å². The molecule has 2 aromatic rings. The molecular formula is C21H25NO2. The summed E-state index contributed by atoms with van der Waals surface area (Å²) in [5, 5.41) is 3.09. The van der Waals surface area contributed by atoms with Gasteiger partial charge < -0.3 is 10.1 Å². The summed E-state index contributed by atoms with van der Waals surface area (Å²) in [6.45, 7) is 4.61. The van der Waals surface area contributed by atoms with Crippen molar-refractivity contribution in [1.82, 2.24) is 5.32 Å². The van der Waals surface area contributed by atoms with Gasteiger partial charge in [-0.3, -0.25) is 4.79 Å². The Hall–Kier alpha value is -2.29. The van der Waals surface area contributed by atoms with E-state index in [1.807, 2.05) is 26.0 Å². The molecule has 1 N–H and O–H groups in total. The minimum Gasteiger partial charge on any atom is -0.494 e. The number of hydrogen-bond donors (Lipinski definition) is 1. The third-order valence-electron chi connectivity index (χ3n) is 4.65. The molecule has 1 atom stereocenters. The zero-order chi connectivity index (χ0) is 16.9. The summed E-state index contributed by atoms with van der Waals surface area (Å²) in [6, 6.07) is 13.9. The molecule has 24 heavy (non-hydrogen) atoms. The highest BCUT2D eigenvalue weighted by Gasteiger charge is 2.15. The third-order valence-corrected chi connectivity index (χ3v) is 4.65. The summed E-state index contributed by atoms with van der Waals surface area (Å²) in [4.78, 5) is 12.4. The zero-order valence-corrected chi connectivity index (χ0v) is 14.5. The fourth-order valence-electron chi connectivity index (χ4n) is 3.26. The molecule has 0 radical (unpaired) electrons. The highest BCUT2D eigenvalue weighted by atomic mass is 16.5. The van der Waals surface area contributed by atoms with E-state index < -0.39 is 0 Å². The molecular weight excluding hydrogens is 298 g/mol. The van der Waals surface area contributed by atoms with Crippen LogP contribution in [-0.4, -0.2) is 12.5 Å². The van der Waals surface area contributed by atoms with Crippen LogP contribution >= 0.6 is 0 Å². The molecule has 0 aliphatic heterocycles. The van der Waals surface area contributed by atoms with Gasteiger partial charge in [0, 0.05) is 5.56 Å². The number of nitrogens with one attached hydrogen (secondary N) is 1. The Morgan fingerprint density at radius 2 is 1.79 bits per heavy atom. The fraction of sp³-hybridized carbons (Fsp3) is 0.381. The summed E-state index contributed by atoms with van der Waals surface area (Å²) in [6.07, 6.45) is 4.89. The standard InChI is InChI=1S/C21H25NO2/c1-3-24-20-12-10-17(11-13-20)21(23)22-15(2)18-9-8-16-6-4-5-7-19(16)14-18/h8-15H,3-7H2,1-2H3,(H,22,23). The van der Waals surface area contributed by atoms with Crippen molar-refractivity contribution in [1.29, 1.82) is 0 Å². The van der Waals surface area contributed by atoms with E-state index in [2.05, 4.69) is 23.5 Å². The Kier molecular flexibility index (Phi) is 5.19. The number of rotatable bonds is 5. The Balaban J connectivity index is 1.67. The summed E-state index contributed by atoms with van der Waals surface area (Å²) in [5.74, 6) is 0.736. The van der Waals surface area contributed by atoms with E-state index in [1.54, 1.807) is 12.1 Å². The Labute approximate surface area is 144 Å². The number of carbonyl (C=O) groups excluding carboxylic acids is 1. The Morgan fingerprint density at radius 1 is 1.08 bits per heavy atom. The Morgan fingerprint density at radius 3 is 2.50 bits per heavy atom. The molecule has 3 rings (SSSR count). The molecule has 0 saturated carbocycles. The van der Waals surface area contributed by atoms with Crippen molar-refractivity contribution in [2.45, 2.75) is 45.6 Å². The molecule has 3 nitrogen and oxygen atoms in total. The normalized spacial score (nSPS) is 14.6. The lowest BCUT2D eigenvalue weighted by Gasteiger charge is -2.20. The van der Waals surface area contributed by atoms with E-state index in [-0.39, 0.29) is 11.9 Å². The molecule has 126 valence electrons. The van der Waals surface area contributed by atoms with Crippen molar-refractivity contribution in [3.8, 4) is 5.75 Å². The minimum atomic E-state index is -0.0525.